The number of carbonyl (C=O) groups excluding carboxylic acids is 1. The fourth-order valence-corrected chi connectivity index (χ4v) is 3.06. The van der Waals surface area contributed by atoms with Crippen molar-refractivity contribution in [3.8, 4) is 11.1 Å². The number of hydrogen-bond donors (Lipinski definition) is 1. The number of tetrazole rings is 1. The minimum Gasteiger partial charge on any atom is -0.288 e. The van der Waals surface area contributed by atoms with Gasteiger partial charge in [-0.2, -0.15) is 5.10 Å². The largest absolute Gasteiger partial charge is 0.288 e. The van der Waals surface area contributed by atoms with Gasteiger partial charge in [-0.3, -0.25) is 14.9 Å². The zero-order valence-electron chi connectivity index (χ0n) is 15.3. The summed E-state index contributed by atoms with van der Waals surface area (Å²) in [5.41, 5.74) is 2.03. The summed E-state index contributed by atoms with van der Waals surface area (Å²) in [6, 6.07) is 5.39. The highest BCUT2D eigenvalue weighted by Crippen LogP contribution is 2.29. The Balaban J connectivity index is 2.11. The average molecular weight is 388 g/mol. The number of hydrogen-bond acceptors (Lipinski definition) is 6. The van der Waals surface area contributed by atoms with Gasteiger partial charge in [0.1, 0.15) is 0 Å². The number of halogens is 1. The molecule has 3 aromatic rings. The van der Waals surface area contributed by atoms with Crippen LogP contribution in [-0.2, 0) is 13.6 Å². The molecule has 0 bridgehead atoms. The molecule has 1 amide bonds. The summed E-state index contributed by atoms with van der Waals surface area (Å²) >= 11 is 6.35. The number of benzene rings is 1. The third-order valence-corrected chi connectivity index (χ3v) is 4.47. The molecule has 0 spiro atoms. The van der Waals surface area contributed by atoms with E-state index in [1.54, 1.807) is 19.1 Å². The molecule has 10 heteroatoms. The molecule has 140 valence electrons. The Bertz CT molecular complexity index is 1090. The summed E-state index contributed by atoms with van der Waals surface area (Å²) in [6.07, 6.45) is 0. The smallest absolute Gasteiger partial charge is 0.278 e. The minimum atomic E-state index is -0.517. The number of nitrogens with one attached hydrogen (secondary N) is 1. The van der Waals surface area contributed by atoms with Crippen LogP contribution >= 0.6 is 11.6 Å². The predicted molar refractivity (Wildman–Crippen MR) is 101 cm³/mol. The third-order valence-electron chi connectivity index (χ3n) is 4.15. The van der Waals surface area contributed by atoms with Crippen LogP contribution in [0.4, 0.5) is 5.95 Å². The number of amides is 1. The molecular weight excluding hydrogens is 370 g/mol. The quantitative estimate of drug-likeness (QED) is 0.733. The van der Waals surface area contributed by atoms with Crippen LogP contribution in [0.25, 0.3) is 11.1 Å². The normalized spacial score (nSPS) is 10.9. The molecule has 1 aromatic carbocycles. The Morgan fingerprint density at radius 1 is 1.30 bits per heavy atom. The van der Waals surface area contributed by atoms with E-state index in [2.05, 4.69) is 25.9 Å². The van der Waals surface area contributed by atoms with Crippen LogP contribution in [0.2, 0.25) is 5.02 Å². The maximum atomic E-state index is 12.8. The van der Waals surface area contributed by atoms with Crippen LogP contribution in [-0.4, -0.2) is 35.9 Å². The van der Waals surface area contributed by atoms with Gasteiger partial charge in [-0.25, -0.2) is 9.36 Å². The lowest BCUT2D eigenvalue weighted by atomic mass is 10.00. The zero-order valence-corrected chi connectivity index (χ0v) is 16.1. The van der Waals surface area contributed by atoms with E-state index in [-0.39, 0.29) is 17.2 Å². The van der Waals surface area contributed by atoms with Gasteiger partial charge < -0.3 is 0 Å². The number of aromatic nitrogens is 6. The van der Waals surface area contributed by atoms with Gasteiger partial charge >= 0.3 is 0 Å². The number of rotatable bonds is 4. The van der Waals surface area contributed by atoms with E-state index in [1.807, 2.05) is 19.9 Å². The van der Waals surface area contributed by atoms with E-state index < -0.39 is 5.91 Å². The van der Waals surface area contributed by atoms with Crippen molar-refractivity contribution in [2.75, 3.05) is 5.32 Å². The van der Waals surface area contributed by atoms with Crippen molar-refractivity contribution in [2.45, 2.75) is 27.3 Å². The van der Waals surface area contributed by atoms with Gasteiger partial charge in [-0.15, -0.1) is 0 Å². The molecule has 0 saturated heterocycles. The van der Waals surface area contributed by atoms with Crippen LogP contribution in [0.1, 0.15) is 28.5 Å². The molecule has 3 rings (SSSR count). The van der Waals surface area contributed by atoms with Crippen molar-refractivity contribution in [1.29, 1.82) is 0 Å². The number of anilines is 1. The summed E-state index contributed by atoms with van der Waals surface area (Å²) in [4.78, 5) is 25.4. The first-order valence-electron chi connectivity index (χ1n) is 8.25. The molecule has 0 aliphatic carbocycles. The summed E-state index contributed by atoms with van der Waals surface area (Å²) in [5.74, 6) is -0.315. The van der Waals surface area contributed by atoms with E-state index in [0.717, 1.165) is 10.2 Å². The first-order chi connectivity index (χ1) is 12.8. The second kappa shape index (κ2) is 7.28. The van der Waals surface area contributed by atoms with Gasteiger partial charge in [0.25, 0.3) is 11.5 Å². The molecule has 0 aliphatic heterocycles. The second-order valence-electron chi connectivity index (χ2n) is 6.03. The van der Waals surface area contributed by atoms with Crippen molar-refractivity contribution >= 4 is 23.5 Å². The molecule has 0 fully saturated rings. The van der Waals surface area contributed by atoms with Crippen molar-refractivity contribution in [3.63, 3.8) is 0 Å². The van der Waals surface area contributed by atoms with E-state index >= 15 is 0 Å². The second-order valence-corrected chi connectivity index (χ2v) is 6.44. The molecule has 27 heavy (non-hydrogen) atoms. The van der Waals surface area contributed by atoms with E-state index in [0.29, 0.717) is 28.3 Å². The number of nitrogens with zero attached hydrogens (tertiary/aromatic N) is 6. The molecule has 0 saturated carbocycles. The average Bonchev–Trinajstić information content (AvgIpc) is 3.07. The van der Waals surface area contributed by atoms with Gasteiger partial charge in [-0.05, 0) is 48.4 Å². The first-order valence-corrected chi connectivity index (χ1v) is 8.63. The first kappa shape index (κ1) is 18.7. The van der Waals surface area contributed by atoms with Gasteiger partial charge in [0, 0.05) is 24.2 Å². The van der Waals surface area contributed by atoms with Crippen molar-refractivity contribution in [2.24, 2.45) is 7.05 Å². The lowest BCUT2D eigenvalue weighted by Crippen LogP contribution is -2.28. The maximum absolute atomic E-state index is 12.8. The van der Waals surface area contributed by atoms with Crippen LogP contribution in [0, 0.1) is 13.8 Å². The molecule has 1 N–H and O–H groups in total. The lowest BCUT2D eigenvalue weighted by Gasteiger charge is -2.13. The minimum absolute atomic E-state index is 0.0920. The van der Waals surface area contributed by atoms with Crippen LogP contribution in [0.15, 0.2) is 23.0 Å². The number of carbonyl (C=O) groups is 1. The topological polar surface area (TPSA) is 108 Å². The zero-order chi connectivity index (χ0) is 19.7. The summed E-state index contributed by atoms with van der Waals surface area (Å²) in [5, 5.41) is 18.3. The fraction of sp³-hybridized carbons (Fsp3) is 0.294. The monoisotopic (exact) mass is 387 g/mol. The van der Waals surface area contributed by atoms with Gasteiger partial charge in [0.2, 0.25) is 5.95 Å². The molecule has 0 atom stereocenters. The Morgan fingerprint density at radius 3 is 2.70 bits per heavy atom. The van der Waals surface area contributed by atoms with Crippen LogP contribution in [0.5, 0.6) is 0 Å². The van der Waals surface area contributed by atoms with Gasteiger partial charge in [0.15, 0.2) is 5.69 Å². The van der Waals surface area contributed by atoms with E-state index in [4.69, 9.17) is 11.6 Å². The summed E-state index contributed by atoms with van der Waals surface area (Å²) < 4.78 is 2.56. The molecule has 2 aromatic heterocycles. The van der Waals surface area contributed by atoms with Crippen LogP contribution < -0.4 is 10.9 Å². The Morgan fingerprint density at radius 2 is 2.04 bits per heavy atom. The third kappa shape index (κ3) is 3.45. The molecule has 0 radical (unpaired) electrons. The lowest BCUT2D eigenvalue weighted by molar-refractivity contribution is 0.101. The highest BCUT2D eigenvalue weighted by molar-refractivity contribution is 6.33. The predicted octanol–water partition coefficient (Wildman–Crippen LogP) is 1.98. The molecule has 2 heterocycles. The molecule has 0 aliphatic rings. The fourth-order valence-electron chi connectivity index (χ4n) is 2.73. The Labute approximate surface area is 160 Å². The van der Waals surface area contributed by atoms with E-state index in [9.17, 15) is 9.59 Å². The van der Waals surface area contributed by atoms with Crippen molar-refractivity contribution in [3.05, 3.63) is 50.4 Å². The molecular formula is C17H18ClN7O2. The standard InChI is InChI=1S/C17H18ClN7O2/c1-5-25-17(20-22-23-25)19-15(26)14-10(3)13(16(27)24(4)21-14)11-7-6-9(2)8-12(11)18/h6-8H,5H2,1-4H3,(H,19,20,23,26). The highest BCUT2D eigenvalue weighted by Gasteiger charge is 2.22. The summed E-state index contributed by atoms with van der Waals surface area (Å²) in [7, 11) is 1.49. The summed E-state index contributed by atoms with van der Waals surface area (Å²) in [6.45, 7) is 5.91. The molecule has 0 unspecified atom stereocenters. The van der Waals surface area contributed by atoms with Gasteiger partial charge in [0.05, 0.1) is 5.56 Å². The Hall–Kier alpha value is -3.07. The van der Waals surface area contributed by atoms with Crippen molar-refractivity contribution < 1.29 is 4.79 Å². The van der Waals surface area contributed by atoms with Crippen LogP contribution in [0.3, 0.4) is 0 Å². The van der Waals surface area contributed by atoms with Gasteiger partial charge in [-0.1, -0.05) is 28.8 Å². The molecule has 9 nitrogen and oxygen atoms in total. The van der Waals surface area contributed by atoms with E-state index in [1.165, 1.54) is 11.7 Å². The number of aryl methyl sites for hydroxylation is 3. The SMILES string of the molecule is CCn1nnnc1NC(=O)c1nn(C)c(=O)c(-c2ccc(C)cc2Cl)c1C. The van der Waals surface area contributed by atoms with Crippen molar-refractivity contribution in [1.82, 2.24) is 30.0 Å². The maximum Gasteiger partial charge on any atom is 0.278 e. The Kier molecular flexibility index (Phi) is 5.04. The highest BCUT2D eigenvalue weighted by atomic mass is 35.5.